The highest BCUT2D eigenvalue weighted by molar-refractivity contribution is 7.89. The van der Waals surface area contributed by atoms with Gasteiger partial charge in [0.2, 0.25) is 5.03 Å². The molecular weight excluding hydrogens is 192 g/mol. The number of aromatic nitrogens is 1. The molecule has 5 nitrogen and oxygen atoms in total. The molecule has 13 heavy (non-hydrogen) atoms. The molecular formula is C7H12N2O3S. The van der Waals surface area contributed by atoms with E-state index in [1.165, 1.54) is 12.3 Å². The van der Waals surface area contributed by atoms with Crippen molar-refractivity contribution >= 4 is 10.0 Å². The number of rotatable bonds is 2. The average molecular weight is 204 g/mol. The molecule has 0 saturated carbocycles. The molecule has 0 aliphatic rings. The summed E-state index contributed by atoms with van der Waals surface area (Å²) in [6.45, 7) is 5.26. The highest BCUT2D eigenvalue weighted by Gasteiger charge is 2.23. The van der Waals surface area contributed by atoms with Crippen LogP contribution in [0.2, 0.25) is 0 Å². The van der Waals surface area contributed by atoms with Gasteiger partial charge in [-0.15, -0.1) is 0 Å². The van der Waals surface area contributed by atoms with Crippen LogP contribution in [0.5, 0.6) is 0 Å². The molecule has 0 spiro atoms. The molecule has 1 N–H and O–H groups in total. The Hall–Kier alpha value is -0.880. The smallest absolute Gasteiger partial charge is 0.262 e. The Morgan fingerprint density at radius 3 is 2.46 bits per heavy atom. The number of hydrogen-bond acceptors (Lipinski definition) is 4. The molecule has 0 saturated heterocycles. The molecule has 0 atom stereocenters. The topological polar surface area (TPSA) is 72.2 Å². The zero-order valence-electron chi connectivity index (χ0n) is 7.73. The van der Waals surface area contributed by atoms with Crippen LogP contribution in [0.25, 0.3) is 0 Å². The molecule has 0 radical (unpaired) electrons. The maximum absolute atomic E-state index is 11.5. The first-order valence-corrected chi connectivity index (χ1v) is 5.24. The van der Waals surface area contributed by atoms with Crippen molar-refractivity contribution in [3.05, 3.63) is 12.3 Å². The van der Waals surface area contributed by atoms with E-state index >= 15 is 0 Å². The summed E-state index contributed by atoms with van der Waals surface area (Å²) in [6, 6.07) is 1.30. The highest BCUT2D eigenvalue weighted by Crippen LogP contribution is 2.09. The Morgan fingerprint density at radius 1 is 1.46 bits per heavy atom. The van der Waals surface area contributed by atoms with Crippen molar-refractivity contribution in [2.75, 3.05) is 0 Å². The maximum atomic E-state index is 11.5. The fraction of sp³-hybridized carbons (Fsp3) is 0.571. The molecule has 1 heterocycles. The predicted octanol–water partition coefficient (Wildman–Crippen LogP) is 0.751. The maximum Gasteiger partial charge on any atom is 0.262 e. The largest absolute Gasteiger partial charge is 0.363 e. The van der Waals surface area contributed by atoms with E-state index in [0.717, 1.165) is 0 Å². The summed E-state index contributed by atoms with van der Waals surface area (Å²) < 4.78 is 29.8. The van der Waals surface area contributed by atoms with Crippen LogP contribution in [0.4, 0.5) is 0 Å². The molecule has 0 aromatic carbocycles. The van der Waals surface area contributed by atoms with Crippen LogP contribution in [-0.4, -0.2) is 19.1 Å². The van der Waals surface area contributed by atoms with Gasteiger partial charge in [0.05, 0.1) is 0 Å². The lowest BCUT2D eigenvalue weighted by Gasteiger charge is -2.18. The molecule has 0 aliphatic heterocycles. The van der Waals surface area contributed by atoms with E-state index in [2.05, 4.69) is 14.4 Å². The quantitative estimate of drug-likeness (QED) is 0.771. The van der Waals surface area contributed by atoms with Crippen molar-refractivity contribution in [1.82, 2.24) is 9.88 Å². The minimum atomic E-state index is -3.53. The van der Waals surface area contributed by atoms with Gasteiger partial charge in [-0.2, -0.15) is 0 Å². The number of sulfonamides is 1. The van der Waals surface area contributed by atoms with Gasteiger partial charge in [0.1, 0.15) is 6.26 Å². The van der Waals surface area contributed by atoms with Crippen LogP contribution in [0.1, 0.15) is 20.8 Å². The average Bonchev–Trinajstić information content (AvgIpc) is 2.29. The molecule has 74 valence electrons. The van der Waals surface area contributed by atoms with E-state index in [0.29, 0.717) is 0 Å². The summed E-state index contributed by atoms with van der Waals surface area (Å²) in [5, 5.41) is 3.25. The molecule has 0 aliphatic carbocycles. The lowest BCUT2D eigenvalue weighted by molar-refractivity contribution is 0.398. The molecule has 0 amide bonds. The van der Waals surface area contributed by atoms with Crippen LogP contribution in [0.3, 0.4) is 0 Å². The minimum Gasteiger partial charge on any atom is -0.363 e. The summed E-state index contributed by atoms with van der Waals surface area (Å²) in [5.74, 6) is 0. The number of hydrogen-bond donors (Lipinski definition) is 1. The predicted molar refractivity (Wildman–Crippen MR) is 46.6 cm³/mol. The van der Waals surface area contributed by atoms with Crippen LogP contribution in [0, 0.1) is 0 Å². The van der Waals surface area contributed by atoms with Gasteiger partial charge in [-0.05, 0) is 20.8 Å². The standard InChI is InChI=1S/C7H12N2O3S/c1-7(2,3)9-13(10,11)6-4-5-12-8-6/h4-5,9H,1-3H3. The third-order valence-electron chi connectivity index (χ3n) is 1.13. The molecule has 1 aromatic heterocycles. The number of nitrogens with one attached hydrogen (secondary N) is 1. The molecule has 0 unspecified atom stereocenters. The van der Waals surface area contributed by atoms with E-state index in [-0.39, 0.29) is 5.03 Å². The normalized spacial score (nSPS) is 13.2. The van der Waals surface area contributed by atoms with Crippen molar-refractivity contribution in [2.24, 2.45) is 0 Å². The fourth-order valence-corrected chi connectivity index (χ4v) is 2.08. The minimum absolute atomic E-state index is 0.0950. The summed E-state index contributed by atoms with van der Waals surface area (Å²) in [7, 11) is -3.53. The second kappa shape index (κ2) is 3.12. The van der Waals surface area contributed by atoms with Gasteiger partial charge in [-0.3, -0.25) is 0 Å². The van der Waals surface area contributed by atoms with Crippen molar-refractivity contribution in [1.29, 1.82) is 0 Å². The number of nitrogens with zero attached hydrogens (tertiary/aromatic N) is 1. The van der Waals surface area contributed by atoms with Gasteiger partial charge in [-0.1, -0.05) is 5.16 Å². The lowest BCUT2D eigenvalue weighted by atomic mass is 10.1. The molecule has 1 aromatic rings. The first kappa shape index (κ1) is 10.2. The van der Waals surface area contributed by atoms with Gasteiger partial charge in [-0.25, -0.2) is 13.1 Å². The van der Waals surface area contributed by atoms with Crippen molar-refractivity contribution in [3.63, 3.8) is 0 Å². The summed E-state index contributed by atoms with van der Waals surface area (Å²) in [4.78, 5) is 0. The Balaban J connectivity index is 2.93. The van der Waals surface area contributed by atoms with Gasteiger partial charge in [0.25, 0.3) is 10.0 Å². The molecule has 1 rings (SSSR count). The lowest BCUT2D eigenvalue weighted by Crippen LogP contribution is -2.40. The van der Waals surface area contributed by atoms with Crippen molar-refractivity contribution < 1.29 is 12.9 Å². The van der Waals surface area contributed by atoms with E-state index in [4.69, 9.17) is 0 Å². The third-order valence-corrected chi connectivity index (χ3v) is 2.77. The first-order valence-electron chi connectivity index (χ1n) is 3.76. The van der Waals surface area contributed by atoms with Crippen molar-refractivity contribution in [2.45, 2.75) is 31.3 Å². The van der Waals surface area contributed by atoms with E-state index in [1.807, 2.05) is 0 Å². The summed E-state index contributed by atoms with van der Waals surface area (Å²) in [6.07, 6.45) is 1.22. The van der Waals surface area contributed by atoms with E-state index in [9.17, 15) is 8.42 Å². The Morgan fingerprint density at radius 2 is 2.08 bits per heavy atom. The Bertz CT molecular complexity index is 361. The van der Waals surface area contributed by atoms with E-state index in [1.54, 1.807) is 20.8 Å². The second-order valence-electron chi connectivity index (χ2n) is 3.69. The SMILES string of the molecule is CC(C)(C)NS(=O)(=O)c1ccon1. The molecule has 0 fully saturated rings. The van der Waals surface area contributed by atoms with Gasteiger partial charge in [0.15, 0.2) is 0 Å². The Kier molecular flexibility index (Phi) is 2.44. The van der Waals surface area contributed by atoms with Gasteiger partial charge >= 0.3 is 0 Å². The van der Waals surface area contributed by atoms with Crippen LogP contribution >= 0.6 is 0 Å². The van der Waals surface area contributed by atoms with Crippen molar-refractivity contribution in [3.8, 4) is 0 Å². The van der Waals surface area contributed by atoms with Gasteiger partial charge < -0.3 is 4.52 Å². The monoisotopic (exact) mass is 204 g/mol. The second-order valence-corrected chi connectivity index (χ2v) is 5.32. The Labute approximate surface area is 77.2 Å². The van der Waals surface area contributed by atoms with Crippen LogP contribution < -0.4 is 4.72 Å². The summed E-state index contributed by atoms with van der Waals surface area (Å²) >= 11 is 0. The summed E-state index contributed by atoms with van der Waals surface area (Å²) in [5.41, 5.74) is -0.516. The van der Waals surface area contributed by atoms with E-state index < -0.39 is 15.6 Å². The molecule has 6 heteroatoms. The fourth-order valence-electron chi connectivity index (χ4n) is 0.795. The zero-order chi connectivity index (χ0) is 10.1. The van der Waals surface area contributed by atoms with Crippen LogP contribution in [0.15, 0.2) is 21.9 Å². The zero-order valence-corrected chi connectivity index (χ0v) is 8.55. The molecule has 0 bridgehead atoms. The van der Waals surface area contributed by atoms with Gasteiger partial charge in [0, 0.05) is 11.6 Å². The first-order chi connectivity index (χ1) is 5.81. The highest BCUT2D eigenvalue weighted by atomic mass is 32.2. The third kappa shape index (κ3) is 2.82. The van der Waals surface area contributed by atoms with Crippen LogP contribution in [-0.2, 0) is 10.0 Å².